The second kappa shape index (κ2) is 8.62. The van der Waals surface area contributed by atoms with Crippen molar-refractivity contribution in [3.05, 3.63) is 60.7 Å². The highest BCUT2D eigenvalue weighted by Crippen LogP contribution is 2.07. The lowest BCUT2D eigenvalue weighted by atomic mass is 10.2. The average Bonchev–Trinajstić information content (AvgIpc) is 2.58. The molecule has 4 heteroatoms. The van der Waals surface area contributed by atoms with Gasteiger partial charge in [-0.15, -0.1) is 0 Å². The van der Waals surface area contributed by atoms with Gasteiger partial charge in [0.1, 0.15) is 0 Å². The number of nitrogens with zero attached hydrogens (tertiary/aromatic N) is 2. The minimum Gasteiger partial charge on any atom is -0.279 e. The van der Waals surface area contributed by atoms with E-state index in [4.69, 9.17) is 0 Å². The highest BCUT2D eigenvalue weighted by atomic mass is 15.3. The van der Waals surface area contributed by atoms with E-state index in [2.05, 4.69) is 21.1 Å². The fourth-order valence-electron chi connectivity index (χ4n) is 1.82. The second-order valence-corrected chi connectivity index (χ2v) is 5.15. The molecular weight excluding hydrogens is 272 g/mol. The van der Waals surface area contributed by atoms with Crippen LogP contribution in [-0.4, -0.2) is 11.4 Å². The third-order valence-corrected chi connectivity index (χ3v) is 3.15. The fourth-order valence-corrected chi connectivity index (χ4v) is 1.82. The highest BCUT2D eigenvalue weighted by Gasteiger charge is 1.97. The second-order valence-electron chi connectivity index (χ2n) is 5.15. The largest absolute Gasteiger partial charge is 0.279 e. The molecule has 0 amide bonds. The van der Waals surface area contributed by atoms with Crippen molar-refractivity contribution < 1.29 is 0 Å². The summed E-state index contributed by atoms with van der Waals surface area (Å²) >= 11 is 0. The number of para-hydroxylation sites is 2. The number of hydrogen-bond donors (Lipinski definition) is 2. The van der Waals surface area contributed by atoms with Crippen molar-refractivity contribution >= 4 is 22.8 Å². The van der Waals surface area contributed by atoms with Gasteiger partial charge < -0.3 is 0 Å². The van der Waals surface area contributed by atoms with Gasteiger partial charge in [-0.1, -0.05) is 36.4 Å². The molecule has 0 heterocycles. The van der Waals surface area contributed by atoms with E-state index in [0.717, 1.165) is 35.6 Å². The summed E-state index contributed by atoms with van der Waals surface area (Å²) in [7, 11) is 0. The van der Waals surface area contributed by atoms with Crippen LogP contribution in [0.25, 0.3) is 0 Å². The first-order chi connectivity index (χ1) is 10.7. The first kappa shape index (κ1) is 15.8. The first-order valence-corrected chi connectivity index (χ1v) is 7.42. The molecule has 0 saturated heterocycles. The van der Waals surface area contributed by atoms with Crippen molar-refractivity contribution in [2.45, 2.75) is 26.7 Å². The maximum absolute atomic E-state index is 4.38. The lowest BCUT2D eigenvalue weighted by Crippen LogP contribution is -2.03. The van der Waals surface area contributed by atoms with Crippen LogP contribution in [0.5, 0.6) is 0 Å². The van der Waals surface area contributed by atoms with Gasteiger partial charge in [0, 0.05) is 11.4 Å². The van der Waals surface area contributed by atoms with Gasteiger partial charge in [0.2, 0.25) is 0 Å². The van der Waals surface area contributed by atoms with Crippen LogP contribution < -0.4 is 10.9 Å². The van der Waals surface area contributed by atoms with Gasteiger partial charge in [0.15, 0.2) is 0 Å². The lowest BCUT2D eigenvalue weighted by Gasteiger charge is -2.04. The molecule has 0 aromatic heterocycles. The summed E-state index contributed by atoms with van der Waals surface area (Å²) in [4.78, 5) is 0. The van der Waals surface area contributed by atoms with E-state index in [0.29, 0.717) is 0 Å². The third kappa shape index (κ3) is 5.79. The molecule has 0 saturated carbocycles. The molecular formula is C18H22N4. The SMILES string of the molecule is C/C(CC/C(C)=N/Nc1ccccc1)=N\Nc1ccccc1. The summed E-state index contributed by atoms with van der Waals surface area (Å²) in [6.45, 7) is 4.04. The number of benzene rings is 2. The highest BCUT2D eigenvalue weighted by molar-refractivity contribution is 5.89. The zero-order valence-corrected chi connectivity index (χ0v) is 13.1. The molecule has 2 aromatic rings. The van der Waals surface area contributed by atoms with Gasteiger partial charge in [-0.3, -0.25) is 10.9 Å². The Morgan fingerprint density at radius 2 is 1.05 bits per heavy atom. The number of anilines is 2. The Morgan fingerprint density at radius 1 is 0.682 bits per heavy atom. The van der Waals surface area contributed by atoms with E-state index in [1.807, 2.05) is 74.5 Å². The molecule has 0 aliphatic heterocycles. The quantitative estimate of drug-likeness (QED) is 0.572. The van der Waals surface area contributed by atoms with Crippen LogP contribution in [0, 0.1) is 0 Å². The summed E-state index contributed by atoms with van der Waals surface area (Å²) < 4.78 is 0. The molecule has 0 aliphatic rings. The number of hydrogen-bond acceptors (Lipinski definition) is 4. The van der Waals surface area contributed by atoms with Crippen LogP contribution in [-0.2, 0) is 0 Å². The van der Waals surface area contributed by atoms with Crippen LogP contribution in [0.1, 0.15) is 26.7 Å². The van der Waals surface area contributed by atoms with Gasteiger partial charge in [-0.05, 0) is 51.0 Å². The Morgan fingerprint density at radius 3 is 1.41 bits per heavy atom. The van der Waals surface area contributed by atoms with E-state index in [1.165, 1.54) is 0 Å². The molecule has 4 nitrogen and oxygen atoms in total. The molecule has 0 spiro atoms. The first-order valence-electron chi connectivity index (χ1n) is 7.42. The van der Waals surface area contributed by atoms with Crippen molar-refractivity contribution in [1.82, 2.24) is 0 Å². The fraction of sp³-hybridized carbons (Fsp3) is 0.222. The Hall–Kier alpha value is -2.62. The van der Waals surface area contributed by atoms with Crippen LogP contribution >= 0.6 is 0 Å². The maximum atomic E-state index is 4.38. The molecule has 0 unspecified atom stereocenters. The van der Waals surface area contributed by atoms with Crippen LogP contribution in [0.2, 0.25) is 0 Å². The van der Waals surface area contributed by atoms with Crippen LogP contribution in [0.3, 0.4) is 0 Å². The van der Waals surface area contributed by atoms with Crippen LogP contribution in [0.4, 0.5) is 11.4 Å². The summed E-state index contributed by atoms with van der Waals surface area (Å²) in [6, 6.07) is 19.9. The van der Waals surface area contributed by atoms with Gasteiger partial charge in [-0.25, -0.2) is 0 Å². The van der Waals surface area contributed by atoms with Crippen molar-refractivity contribution in [3.63, 3.8) is 0 Å². The Balaban J connectivity index is 1.76. The predicted molar refractivity (Wildman–Crippen MR) is 95.6 cm³/mol. The van der Waals surface area contributed by atoms with Crippen molar-refractivity contribution in [3.8, 4) is 0 Å². The minimum absolute atomic E-state index is 0.881. The zero-order chi connectivity index (χ0) is 15.6. The third-order valence-electron chi connectivity index (χ3n) is 3.15. The zero-order valence-electron chi connectivity index (χ0n) is 13.1. The van der Waals surface area contributed by atoms with Gasteiger partial charge >= 0.3 is 0 Å². The van der Waals surface area contributed by atoms with Crippen molar-refractivity contribution in [2.75, 3.05) is 10.9 Å². The van der Waals surface area contributed by atoms with Gasteiger partial charge in [0.05, 0.1) is 11.4 Å². The van der Waals surface area contributed by atoms with E-state index >= 15 is 0 Å². The van der Waals surface area contributed by atoms with E-state index in [-0.39, 0.29) is 0 Å². The molecule has 0 fully saturated rings. The van der Waals surface area contributed by atoms with E-state index < -0.39 is 0 Å². The van der Waals surface area contributed by atoms with Gasteiger partial charge in [-0.2, -0.15) is 10.2 Å². The monoisotopic (exact) mass is 294 g/mol. The topological polar surface area (TPSA) is 48.8 Å². The predicted octanol–water partition coefficient (Wildman–Crippen LogP) is 4.74. The molecule has 0 radical (unpaired) electrons. The van der Waals surface area contributed by atoms with Crippen LogP contribution in [0.15, 0.2) is 70.9 Å². The van der Waals surface area contributed by atoms with Crippen molar-refractivity contribution in [2.24, 2.45) is 10.2 Å². The lowest BCUT2D eigenvalue weighted by molar-refractivity contribution is 1.09. The van der Waals surface area contributed by atoms with E-state index in [9.17, 15) is 0 Å². The Bertz CT molecular complexity index is 561. The molecule has 2 rings (SSSR count). The molecule has 114 valence electrons. The van der Waals surface area contributed by atoms with Gasteiger partial charge in [0.25, 0.3) is 0 Å². The maximum Gasteiger partial charge on any atom is 0.0561 e. The summed E-state index contributed by atoms with van der Waals surface area (Å²) in [5.74, 6) is 0. The minimum atomic E-state index is 0.881. The number of rotatable bonds is 7. The number of hydrazone groups is 2. The average molecular weight is 294 g/mol. The smallest absolute Gasteiger partial charge is 0.0561 e. The number of nitrogens with one attached hydrogen (secondary N) is 2. The Kier molecular flexibility index (Phi) is 6.18. The summed E-state index contributed by atoms with van der Waals surface area (Å²) in [6.07, 6.45) is 1.76. The normalized spacial score (nSPS) is 12.1. The standard InChI is InChI=1S/C18H22N4/c1-15(19-21-17-9-5-3-6-10-17)13-14-16(2)20-22-18-11-7-4-8-12-18/h3-12,21-22H,13-14H2,1-2H3/b19-15+,20-16+. The molecule has 22 heavy (non-hydrogen) atoms. The molecule has 0 bridgehead atoms. The van der Waals surface area contributed by atoms with E-state index in [1.54, 1.807) is 0 Å². The Labute approximate surface area is 132 Å². The summed E-state index contributed by atoms with van der Waals surface area (Å²) in [5, 5.41) is 8.75. The summed E-state index contributed by atoms with van der Waals surface area (Å²) in [5.41, 5.74) is 10.2. The molecule has 0 aliphatic carbocycles. The molecule has 2 N–H and O–H groups in total. The molecule has 0 atom stereocenters. The van der Waals surface area contributed by atoms with Crippen molar-refractivity contribution in [1.29, 1.82) is 0 Å². The molecule has 2 aromatic carbocycles.